The van der Waals surface area contributed by atoms with Gasteiger partial charge in [-0.25, -0.2) is 4.39 Å². The van der Waals surface area contributed by atoms with Gasteiger partial charge >= 0.3 is 0 Å². The Morgan fingerprint density at radius 2 is 2.00 bits per heavy atom. The number of pyridine rings is 1. The Balaban J connectivity index is 2.32. The van der Waals surface area contributed by atoms with Crippen LogP contribution in [0.25, 0.3) is 0 Å². The van der Waals surface area contributed by atoms with Crippen LogP contribution in [-0.2, 0) is 0 Å². The van der Waals surface area contributed by atoms with Crippen LogP contribution in [0.15, 0.2) is 36.9 Å². The molecule has 1 unspecified atom stereocenters. The smallest absolute Gasteiger partial charge is 0.141 e. The molecule has 0 saturated heterocycles. The Morgan fingerprint density at radius 1 is 1.13 bits per heavy atom. The van der Waals surface area contributed by atoms with Crippen molar-refractivity contribution >= 4 is 0 Å². The predicted octanol–water partition coefficient (Wildman–Crippen LogP) is 1.09. The second kappa shape index (κ2) is 4.10. The van der Waals surface area contributed by atoms with Crippen LogP contribution in [0.4, 0.5) is 4.39 Å². The molecule has 0 spiro atoms. The van der Waals surface area contributed by atoms with Crippen molar-refractivity contribution in [1.82, 2.24) is 15.2 Å². The summed E-state index contributed by atoms with van der Waals surface area (Å²) in [6, 6.07) is 2.85. The molecule has 0 aromatic carbocycles. The summed E-state index contributed by atoms with van der Waals surface area (Å²) < 4.78 is 12.8. The molecule has 0 fully saturated rings. The summed E-state index contributed by atoms with van der Waals surface area (Å²) >= 11 is 0. The number of aliphatic hydroxyl groups excluding tert-OH is 1. The summed E-state index contributed by atoms with van der Waals surface area (Å²) in [5.41, 5.74) is 0.945. The first kappa shape index (κ1) is 9.67. The quantitative estimate of drug-likeness (QED) is 0.797. The molecule has 0 amide bonds. The molecule has 0 radical (unpaired) electrons. The monoisotopic (exact) mass is 205 g/mol. The topological polar surface area (TPSA) is 58.9 Å². The highest BCUT2D eigenvalue weighted by atomic mass is 19.1. The van der Waals surface area contributed by atoms with Gasteiger partial charge < -0.3 is 5.11 Å². The fourth-order valence-corrected chi connectivity index (χ4v) is 1.23. The molecule has 0 bridgehead atoms. The van der Waals surface area contributed by atoms with E-state index in [2.05, 4.69) is 15.2 Å². The summed E-state index contributed by atoms with van der Waals surface area (Å²) in [5.74, 6) is -0.478. The molecule has 4 nitrogen and oxygen atoms in total. The van der Waals surface area contributed by atoms with E-state index in [4.69, 9.17) is 0 Å². The molecule has 2 heterocycles. The molecule has 2 rings (SSSR count). The van der Waals surface area contributed by atoms with E-state index >= 15 is 0 Å². The minimum absolute atomic E-state index is 0.392. The van der Waals surface area contributed by atoms with Crippen LogP contribution in [0.2, 0.25) is 0 Å². The van der Waals surface area contributed by atoms with Crippen LogP contribution >= 0.6 is 0 Å². The number of halogens is 1. The van der Waals surface area contributed by atoms with Gasteiger partial charge in [-0.05, 0) is 12.1 Å². The van der Waals surface area contributed by atoms with Crippen molar-refractivity contribution in [2.45, 2.75) is 6.10 Å². The summed E-state index contributed by atoms with van der Waals surface area (Å²) in [6.45, 7) is 0. The molecule has 0 aliphatic heterocycles. The first-order valence-electron chi connectivity index (χ1n) is 4.32. The maximum absolute atomic E-state index is 12.8. The van der Waals surface area contributed by atoms with Gasteiger partial charge in [-0.1, -0.05) is 0 Å². The largest absolute Gasteiger partial charge is 0.384 e. The molecule has 5 heteroatoms. The van der Waals surface area contributed by atoms with Crippen LogP contribution in [-0.4, -0.2) is 20.3 Å². The van der Waals surface area contributed by atoms with E-state index in [0.717, 1.165) is 6.20 Å². The molecular weight excluding hydrogens is 197 g/mol. The van der Waals surface area contributed by atoms with Crippen LogP contribution < -0.4 is 0 Å². The summed E-state index contributed by atoms with van der Waals surface area (Å²) in [6.07, 6.45) is 4.46. The number of hydrogen-bond acceptors (Lipinski definition) is 4. The molecule has 2 aromatic heterocycles. The third-order valence-corrected chi connectivity index (χ3v) is 1.96. The Bertz CT molecular complexity index is 449. The van der Waals surface area contributed by atoms with Crippen LogP contribution in [0.5, 0.6) is 0 Å². The highest BCUT2D eigenvalue weighted by Gasteiger charge is 2.11. The van der Waals surface area contributed by atoms with Crippen LogP contribution in [0.3, 0.4) is 0 Å². The van der Waals surface area contributed by atoms with E-state index in [1.165, 1.54) is 24.7 Å². The lowest BCUT2D eigenvalue weighted by molar-refractivity contribution is 0.218. The summed E-state index contributed by atoms with van der Waals surface area (Å²) in [5, 5.41) is 17.1. The van der Waals surface area contributed by atoms with Gasteiger partial charge in [-0.3, -0.25) is 4.98 Å². The van der Waals surface area contributed by atoms with Crippen molar-refractivity contribution in [3.8, 4) is 0 Å². The SMILES string of the molecule is OC(c1ccnnc1)c1cncc(F)c1. The van der Waals surface area contributed by atoms with Crippen molar-refractivity contribution < 1.29 is 9.50 Å². The van der Waals surface area contributed by atoms with Gasteiger partial charge in [0.2, 0.25) is 0 Å². The van der Waals surface area contributed by atoms with Crippen molar-refractivity contribution in [1.29, 1.82) is 0 Å². The highest BCUT2D eigenvalue weighted by molar-refractivity contribution is 5.24. The average Bonchev–Trinajstić information content (AvgIpc) is 2.29. The van der Waals surface area contributed by atoms with Gasteiger partial charge in [-0.15, -0.1) is 0 Å². The zero-order chi connectivity index (χ0) is 10.7. The van der Waals surface area contributed by atoms with E-state index in [-0.39, 0.29) is 0 Å². The van der Waals surface area contributed by atoms with Crippen molar-refractivity contribution in [2.75, 3.05) is 0 Å². The Hall–Kier alpha value is -1.88. The van der Waals surface area contributed by atoms with Gasteiger partial charge in [0.05, 0.1) is 12.4 Å². The lowest BCUT2D eigenvalue weighted by Crippen LogP contribution is -2.01. The van der Waals surface area contributed by atoms with E-state index in [1.807, 2.05) is 0 Å². The molecule has 2 aromatic rings. The average molecular weight is 205 g/mol. The lowest BCUT2D eigenvalue weighted by atomic mass is 10.1. The van der Waals surface area contributed by atoms with Gasteiger partial charge in [0.15, 0.2) is 0 Å². The number of nitrogens with zero attached hydrogens (tertiary/aromatic N) is 3. The fraction of sp³-hybridized carbons (Fsp3) is 0.100. The number of hydrogen-bond donors (Lipinski definition) is 1. The Kier molecular flexibility index (Phi) is 2.64. The number of aromatic nitrogens is 3. The lowest BCUT2D eigenvalue weighted by Gasteiger charge is -2.09. The Morgan fingerprint density at radius 3 is 2.67 bits per heavy atom. The van der Waals surface area contributed by atoms with Crippen molar-refractivity contribution in [3.05, 3.63) is 53.9 Å². The van der Waals surface area contributed by atoms with E-state index < -0.39 is 11.9 Å². The van der Waals surface area contributed by atoms with Gasteiger partial charge in [0.25, 0.3) is 0 Å². The predicted molar refractivity (Wildman–Crippen MR) is 50.3 cm³/mol. The second-order valence-corrected chi connectivity index (χ2v) is 3.01. The van der Waals surface area contributed by atoms with E-state index in [9.17, 15) is 9.50 Å². The highest BCUT2D eigenvalue weighted by Crippen LogP contribution is 2.19. The Labute approximate surface area is 85.4 Å². The molecule has 1 N–H and O–H groups in total. The second-order valence-electron chi connectivity index (χ2n) is 3.01. The van der Waals surface area contributed by atoms with Crippen LogP contribution in [0.1, 0.15) is 17.2 Å². The van der Waals surface area contributed by atoms with Crippen molar-refractivity contribution in [2.24, 2.45) is 0 Å². The molecule has 0 saturated carbocycles. The number of aliphatic hydroxyl groups is 1. The third kappa shape index (κ3) is 2.13. The first-order chi connectivity index (χ1) is 7.27. The normalized spacial score (nSPS) is 12.4. The van der Waals surface area contributed by atoms with Gasteiger partial charge in [-0.2, -0.15) is 10.2 Å². The van der Waals surface area contributed by atoms with E-state index in [0.29, 0.717) is 11.1 Å². The summed E-state index contributed by atoms with van der Waals surface area (Å²) in [4.78, 5) is 3.66. The molecule has 0 aliphatic rings. The molecule has 76 valence electrons. The van der Waals surface area contributed by atoms with Gasteiger partial charge in [0, 0.05) is 23.5 Å². The van der Waals surface area contributed by atoms with Gasteiger partial charge in [0.1, 0.15) is 11.9 Å². The molecular formula is C10H8FN3O. The summed E-state index contributed by atoms with van der Waals surface area (Å²) in [7, 11) is 0. The molecule has 0 aliphatic carbocycles. The van der Waals surface area contributed by atoms with Crippen LogP contribution in [0, 0.1) is 5.82 Å². The minimum Gasteiger partial charge on any atom is -0.384 e. The van der Waals surface area contributed by atoms with E-state index in [1.54, 1.807) is 6.07 Å². The standard InChI is InChI=1S/C10H8FN3O/c11-9-3-8(4-12-6-9)10(15)7-1-2-13-14-5-7/h1-6,10,15H. The molecule has 1 atom stereocenters. The minimum atomic E-state index is -0.927. The third-order valence-electron chi connectivity index (χ3n) is 1.96. The zero-order valence-corrected chi connectivity index (χ0v) is 7.71. The maximum Gasteiger partial charge on any atom is 0.141 e. The first-order valence-corrected chi connectivity index (χ1v) is 4.32. The fourth-order valence-electron chi connectivity index (χ4n) is 1.23. The maximum atomic E-state index is 12.8. The number of rotatable bonds is 2. The zero-order valence-electron chi connectivity index (χ0n) is 7.71. The van der Waals surface area contributed by atoms with Crippen molar-refractivity contribution in [3.63, 3.8) is 0 Å². The molecule has 15 heavy (non-hydrogen) atoms.